The van der Waals surface area contributed by atoms with Crippen LogP contribution in [0.5, 0.6) is 11.5 Å². The first kappa shape index (κ1) is 18.5. The Morgan fingerprint density at radius 1 is 1.30 bits per heavy atom. The van der Waals surface area contributed by atoms with Crippen LogP contribution in [-0.4, -0.2) is 25.2 Å². The average molecular weight is 303 g/mol. The fraction of sp³-hybridized carbons (Fsp3) is 0.500. The molecule has 0 aromatic heterocycles. The van der Waals surface area contributed by atoms with E-state index in [1.165, 1.54) is 0 Å². The molecule has 0 heterocycles. The van der Waals surface area contributed by atoms with E-state index in [1.807, 2.05) is 19.9 Å². The average Bonchev–Trinajstić information content (AvgIpc) is 2.32. The molecule has 1 atom stereocenters. The third kappa shape index (κ3) is 6.12. The van der Waals surface area contributed by atoms with Crippen molar-refractivity contribution in [2.75, 3.05) is 18.5 Å². The van der Waals surface area contributed by atoms with Crippen molar-refractivity contribution >= 4 is 24.0 Å². The smallest absolute Gasteiger partial charge is 0.226 e. The maximum absolute atomic E-state index is 11.8. The van der Waals surface area contributed by atoms with E-state index < -0.39 is 0 Å². The van der Waals surface area contributed by atoms with Crippen molar-refractivity contribution in [3.05, 3.63) is 18.2 Å². The second-order valence-corrected chi connectivity index (χ2v) is 4.25. The molecule has 0 radical (unpaired) electrons. The number of hydrogen-bond donors (Lipinski definition) is 2. The molecule has 5 nitrogen and oxygen atoms in total. The van der Waals surface area contributed by atoms with Crippen LogP contribution in [0.3, 0.4) is 0 Å². The molecule has 6 heteroatoms. The van der Waals surface area contributed by atoms with Crippen LogP contribution in [-0.2, 0) is 4.79 Å². The molecule has 1 unspecified atom stereocenters. The van der Waals surface area contributed by atoms with Crippen LogP contribution in [0.15, 0.2) is 18.2 Å². The van der Waals surface area contributed by atoms with E-state index >= 15 is 0 Å². The number of hydrogen-bond acceptors (Lipinski definition) is 4. The van der Waals surface area contributed by atoms with E-state index in [0.29, 0.717) is 30.4 Å². The van der Waals surface area contributed by atoms with Gasteiger partial charge in [0.25, 0.3) is 0 Å². The minimum absolute atomic E-state index is 0. The van der Waals surface area contributed by atoms with Crippen LogP contribution in [0, 0.1) is 0 Å². The molecule has 0 aliphatic carbocycles. The third-order valence-corrected chi connectivity index (χ3v) is 2.34. The van der Waals surface area contributed by atoms with E-state index in [4.69, 9.17) is 15.2 Å². The summed E-state index contributed by atoms with van der Waals surface area (Å²) in [7, 11) is 0. The normalized spacial score (nSPS) is 11.2. The van der Waals surface area contributed by atoms with Gasteiger partial charge in [-0.2, -0.15) is 0 Å². The van der Waals surface area contributed by atoms with Crippen molar-refractivity contribution in [3.8, 4) is 11.5 Å². The monoisotopic (exact) mass is 302 g/mol. The molecule has 3 N–H and O–H groups in total. The van der Waals surface area contributed by atoms with Gasteiger partial charge >= 0.3 is 0 Å². The lowest BCUT2D eigenvalue weighted by Gasteiger charge is -2.14. The highest BCUT2D eigenvalue weighted by Crippen LogP contribution is 2.29. The largest absolute Gasteiger partial charge is 0.494 e. The van der Waals surface area contributed by atoms with Crippen LogP contribution in [0.4, 0.5) is 5.69 Å². The Bertz CT molecular complexity index is 425. The molecular formula is C14H23ClN2O3. The molecule has 0 saturated carbocycles. The van der Waals surface area contributed by atoms with Gasteiger partial charge in [0.05, 0.1) is 18.9 Å². The summed E-state index contributed by atoms with van der Waals surface area (Å²) in [6.45, 7) is 6.69. The highest BCUT2D eigenvalue weighted by molar-refractivity contribution is 5.92. The molecule has 0 aliphatic heterocycles. The van der Waals surface area contributed by atoms with Gasteiger partial charge < -0.3 is 20.5 Å². The third-order valence-electron chi connectivity index (χ3n) is 2.34. The lowest BCUT2D eigenvalue weighted by molar-refractivity contribution is -0.116. The molecule has 114 valence electrons. The summed E-state index contributed by atoms with van der Waals surface area (Å²) in [5.41, 5.74) is 6.21. The molecule has 0 saturated heterocycles. The van der Waals surface area contributed by atoms with Crippen LogP contribution in [0.2, 0.25) is 0 Å². The second-order valence-electron chi connectivity index (χ2n) is 4.25. The van der Waals surface area contributed by atoms with Gasteiger partial charge in [-0.15, -0.1) is 12.4 Å². The van der Waals surface area contributed by atoms with Crippen LogP contribution < -0.4 is 20.5 Å². The predicted molar refractivity (Wildman–Crippen MR) is 82.9 cm³/mol. The molecule has 20 heavy (non-hydrogen) atoms. The first-order chi connectivity index (χ1) is 9.06. The van der Waals surface area contributed by atoms with E-state index in [1.54, 1.807) is 19.1 Å². The number of halogens is 1. The fourth-order valence-electron chi connectivity index (χ4n) is 1.64. The molecule has 0 spiro atoms. The Labute approximate surface area is 126 Å². The zero-order valence-corrected chi connectivity index (χ0v) is 13.0. The molecule has 1 rings (SSSR count). The topological polar surface area (TPSA) is 73.6 Å². The molecule has 1 aromatic rings. The van der Waals surface area contributed by atoms with Crippen molar-refractivity contribution in [2.45, 2.75) is 33.2 Å². The maximum Gasteiger partial charge on any atom is 0.226 e. The number of nitrogens with one attached hydrogen (secondary N) is 1. The van der Waals surface area contributed by atoms with Gasteiger partial charge in [-0.3, -0.25) is 4.79 Å². The van der Waals surface area contributed by atoms with Gasteiger partial charge in [0, 0.05) is 18.5 Å². The first-order valence-electron chi connectivity index (χ1n) is 6.51. The Balaban J connectivity index is 0.00000361. The number of nitrogens with two attached hydrogens (primary N) is 1. The maximum atomic E-state index is 11.8. The molecule has 1 amide bonds. The van der Waals surface area contributed by atoms with E-state index in [0.717, 1.165) is 0 Å². The van der Waals surface area contributed by atoms with Gasteiger partial charge in [-0.25, -0.2) is 0 Å². The highest BCUT2D eigenvalue weighted by atomic mass is 35.5. The summed E-state index contributed by atoms with van der Waals surface area (Å²) < 4.78 is 10.9. The molecule has 0 aliphatic rings. The molecule has 0 bridgehead atoms. The standard InChI is InChI=1S/C14H22N2O3.ClH/c1-4-18-11-6-7-13(19-5-2)12(9-11)16-14(17)8-10(3)15;/h6-7,9-10H,4-5,8,15H2,1-3H3,(H,16,17);1H. The summed E-state index contributed by atoms with van der Waals surface area (Å²) in [6.07, 6.45) is 0.268. The zero-order chi connectivity index (χ0) is 14.3. The molecule has 0 fully saturated rings. The quantitative estimate of drug-likeness (QED) is 0.812. The van der Waals surface area contributed by atoms with E-state index in [-0.39, 0.29) is 30.8 Å². The van der Waals surface area contributed by atoms with Crippen molar-refractivity contribution in [1.29, 1.82) is 0 Å². The fourth-order valence-corrected chi connectivity index (χ4v) is 1.64. The molecule has 1 aromatic carbocycles. The van der Waals surface area contributed by atoms with Crippen molar-refractivity contribution in [3.63, 3.8) is 0 Å². The van der Waals surface area contributed by atoms with Crippen LogP contribution in [0.1, 0.15) is 27.2 Å². The Morgan fingerprint density at radius 2 is 1.95 bits per heavy atom. The number of benzene rings is 1. The highest BCUT2D eigenvalue weighted by Gasteiger charge is 2.11. The van der Waals surface area contributed by atoms with Crippen molar-refractivity contribution in [1.82, 2.24) is 0 Å². The van der Waals surface area contributed by atoms with Gasteiger partial charge in [0.15, 0.2) is 0 Å². The molecular weight excluding hydrogens is 280 g/mol. The van der Waals surface area contributed by atoms with E-state index in [2.05, 4.69) is 5.32 Å². The minimum Gasteiger partial charge on any atom is -0.494 e. The summed E-state index contributed by atoms with van der Waals surface area (Å²) in [5, 5.41) is 2.80. The number of rotatable bonds is 7. The Morgan fingerprint density at radius 3 is 2.50 bits per heavy atom. The zero-order valence-electron chi connectivity index (χ0n) is 12.1. The summed E-state index contributed by atoms with van der Waals surface area (Å²) in [4.78, 5) is 11.8. The van der Waals surface area contributed by atoms with Gasteiger partial charge in [-0.1, -0.05) is 0 Å². The predicted octanol–water partition coefficient (Wildman–Crippen LogP) is 2.58. The second kappa shape index (κ2) is 9.44. The number of anilines is 1. The Hall–Kier alpha value is -1.46. The number of carbonyl (C=O) groups is 1. The van der Waals surface area contributed by atoms with Crippen LogP contribution in [0.25, 0.3) is 0 Å². The summed E-state index contributed by atoms with van der Waals surface area (Å²) in [6, 6.07) is 5.19. The minimum atomic E-state index is -0.175. The van der Waals surface area contributed by atoms with Crippen molar-refractivity contribution in [2.24, 2.45) is 5.73 Å². The van der Waals surface area contributed by atoms with E-state index in [9.17, 15) is 4.79 Å². The lowest BCUT2D eigenvalue weighted by atomic mass is 10.2. The van der Waals surface area contributed by atoms with Gasteiger partial charge in [0.1, 0.15) is 11.5 Å². The SMILES string of the molecule is CCOc1ccc(OCC)c(NC(=O)CC(C)N)c1.Cl. The number of ether oxygens (including phenoxy) is 2. The van der Waals surface area contributed by atoms with Gasteiger partial charge in [-0.05, 0) is 32.9 Å². The van der Waals surface area contributed by atoms with Crippen LogP contribution >= 0.6 is 12.4 Å². The summed E-state index contributed by atoms with van der Waals surface area (Å²) in [5.74, 6) is 1.19. The first-order valence-corrected chi connectivity index (χ1v) is 6.51. The summed E-state index contributed by atoms with van der Waals surface area (Å²) >= 11 is 0. The van der Waals surface area contributed by atoms with Crippen molar-refractivity contribution < 1.29 is 14.3 Å². The number of amides is 1. The Kier molecular flexibility index (Phi) is 8.76. The number of carbonyl (C=O) groups excluding carboxylic acids is 1. The lowest BCUT2D eigenvalue weighted by Crippen LogP contribution is -2.24. The van der Waals surface area contributed by atoms with Gasteiger partial charge in [0.2, 0.25) is 5.91 Å².